The van der Waals surface area contributed by atoms with Crippen LogP contribution in [0.5, 0.6) is 0 Å². The summed E-state index contributed by atoms with van der Waals surface area (Å²) in [5.74, 6) is -1.56. The maximum absolute atomic E-state index is 12.8. The average Bonchev–Trinajstić information content (AvgIpc) is 2.59. The van der Waals surface area contributed by atoms with E-state index in [2.05, 4.69) is 9.72 Å². The lowest BCUT2D eigenvalue weighted by Crippen LogP contribution is -2.21. The Morgan fingerprint density at radius 1 is 1.22 bits per heavy atom. The average molecular weight is 317 g/mol. The van der Waals surface area contributed by atoms with E-state index in [1.54, 1.807) is 30.5 Å². The fourth-order valence-electron chi connectivity index (χ4n) is 1.98. The molecule has 120 valence electrons. The van der Waals surface area contributed by atoms with Gasteiger partial charge in [-0.15, -0.1) is 0 Å². The minimum absolute atomic E-state index is 0.0688. The third kappa shape index (κ3) is 4.88. The molecule has 0 fully saturated rings. The summed E-state index contributed by atoms with van der Waals surface area (Å²) in [7, 11) is 1.22. The molecule has 1 aromatic heterocycles. The smallest absolute Gasteiger partial charge is 0.352 e. The van der Waals surface area contributed by atoms with Crippen LogP contribution in [-0.2, 0) is 25.5 Å². The number of esters is 2. The number of nitrogens with zero attached hydrogens (tertiary/aromatic N) is 1. The van der Waals surface area contributed by atoms with Gasteiger partial charge in [0, 0.05) is 24.4 Å². The first-order valence-corrected chi connectivity index (χ1v) is 7.02. The molecule has 0 spiro atoms. The van der Waals surface area contributed by atoms with Crippen LogP contribution in [0.3, 0.4) is 0 Å². The van der Waals surface area contributed by atoms with Crippen LogP contribution in [0.1, 0.15) is 23.7 Å². The van der Waals surface area contributed by atoms with Crippen molar-refractivity contribution in [3.05, 3.63) is 65.7 Å². The van der Waals surface area contributed by atoms with Crippen LogP contribution >= 0.6 is 0 Å². The Morgan fingerprint density at radius 2 is 1.96 bits per heavy atom. The molecule has 1 atom stereocenters. The van der Waals surface area contributed by atoms with E-state index in [0.29, 0.717) is 12.0 Å². The van der Waals surface area contributed by atoms with Crippen molar-refractivity contribution in [1.29, 1.82) is 0 Å². The van der Waals surface area contributed by atoms with Crippen molar-refractivity contribution in [1.82, 2.24) is 4.98 Å². The molecule has 2 aromatic rings. The van der Waals surface area contributed by atoms with Gasteiger partial charge in [-0.05, 0) is 30.2 Å². The van der Waals surface area contributed by atoms with Gasteiger partial charge < -0.3 is 9.47 Å². The second kappa shape index (κ2) is 8.03. The van der Waals surface area contributed by atoms with E-state index < -0.39 is 18.0 Å². The van der Waals surface area contributed by atoms with Gasteiger partial charge in [-0.2, -0.15) is 0 Å². The van der Waals surface area contributed by atoms with Gasteiger partial charge in [0.15, 0.2) is 0 Å². The normalized spacial score (nSPS) is 11.6. The molecular formula is C17H16FNO4. The summed E-state index contributed by atoms with van der Waals surface area (Å²) in [6, 6.07) is 9.11. The number of halogens is 1. The first-order chi connectivity index (χ1) is 11.1. The van der Waals surface area contributed by atoms with Gasteiger partial charge in [0.25, 0.3) is 0 Å². The van der Waals surface area contributed by atoms with E-state index in [9.17, 15) is 14.0 Å². The summed E-state index contributed by atoms with van der Waals surface area (Å²) in [5, 5.41) is 0. The van der Waals surface area contributed by atoms with Gasteiger partial charge in [0.2, 0.25) is 6.10 Å². The number of hydrogen-bond donors (Lipinski definition) is 0. The highest BCUT2D eigenvalue weighted by atomic mass is 19.1. The maximum atomic E-state index is 12.8. The summed E-state index contributed by atoms with van der Waals surface area (Å²) in [4.78, 5) is 27.7. The van der Waals surface area contributed by atoms with Crippen LogP contribution < -0.4 is 0 Å². The second-order valence-electron chi connectivity index (χ2n) is 4.81. The van der Waals surface area contributed by atoms with E-state index in [1.807, 2.05) is 0 Å². The predicted molar refractivity (Wildman–Crippen MR) is 79.8 cm³/mol. The van der Waals surface area contributed by atoms with Gasteiger partial charge in [-0.25, -0.2) is 9.18 Å². The Hall–Kier alpha value is -2.76. The van der Waals surface area contributed by atoms with E-state index in [4.69, 9.17) is 4.74 Å². The van der Waals surface area contributed by atoms with Crippen molar-refractivity contribution >= 4 is 11.9 Å². The molecule has 5 nitrogen and oxygen atoms in total. The van der Waals surface area contributed by atoms with Gasteiger partial charge in [0.05, 0.1) is 7.11 Å². The van der Waals surface area contributed by atoms with Gasteiger partial charge >= 0.3 is 11.9 Å². The molecular weight excluding hydrogens is 301 g/mol. The summed E-state index contributed by atoms with van der Waals surface area (Å²) < 4.78 is 22.7. The summed E-state index contributed by atoms with van der Waals surface area (Å²) >= 11 is 0. The Labute approximate surface area is 133 Å². The van der Waals surface area contributed by atoms with Crippen LogP contribution in [0, 0.1) is 5.82 Å². The molecule has 0 bridgehead atoms. The molecule has 23 heavy (non-hydrogen) atoms. The maximum Gasteiger partial charge on any atom is 0.352 e. The molecule has 1 heterocycles. The number of benzene rings is 1. The number of ether oxygens (including phenoxy) is 2. The molecule has 0 radical (unpaired) electrons. The summed E-state index contributed by atoms with van der Waals surface area (Å²) in [6.45, 7) is 0. The molecule has 0 aliphatic heterocycles. The Kier molecular flexibility index (Phi) is 5.80. The molecule has 0 saturated carbocycles. The molecule has 1 aromatic carbocycles. The first-order valence-electron chi connectivity index (χ1n) is 7.02. The number of rotatable bonds is 6. The van der Waals surface area contributed by atoms with Crippen molar-refractivity contribution in [2.45, 2.75) is 18.9 Å². The zero-order valence-electron chi connectivity index (χ0n) is 12.6. The van der Waals surface area contributed by atoms with E-state index in [0.717, 1.165) is 5.56 Å². The zero-order valence-corrected chi connectivity index (χ0v) is 12.6. The van der Waals surface area contributed by atoms with Crippen molar-refractivity contribution in [3.63, 3.8) is 0 Å². The lowest BCUT2D eigenvalue weighted by Gasteiger charge is -2.15. The standard InChI is InChI=1S/C17H16FNO4/c1-22-17(21)16(13-3-2-10-19-11-13)23-15(20)9-6-12-4-7-14(18)8-5-12/h2-5,7-8,10-11,16H,6,9H2,1H3/t16-/m0/s1. The first kappa shape index (κ1) is 16.6. The quantitative estimate of drug-likeness (QED) is 0.766. The number of carbonyl (C=O) groups is 2. The summed E-state index contributed by atoms with van der Waals surface area (Å²) in [5.41, 5.74) is 1.24. The number of pyridine rings is 1. The van der Waals surface area contributed by atoms with Crippen LogP contribution in [0.25, 0.3) is 0 Å². The van der Waals surface area contributed by atoms with Crippen molar-refractivity contribution < 1.29 is 23.5 Å². The number of aryl methyl sites for hydroxylation is 1. The molecule has 0 aliphatic carbocycles. The molecule has 0 N–H and O–H groups in total. The van der Waals surface area contributed by atoms with Gasteiger partial charge in [-0.3, -0.25) is 9.78 Å². The SMILES string of the molecule is COC(=O)[C@@H](OC(=O)CCc1ccc(F)cc1)c1cccnc1. The van der Waals surface area contributed by atoms with Crippen molar-refractivity contribution in [3.8, 4) is 0 Å². The highest BCUT2D eigenvalue weighted by Gasteiger charge is 2.25. The highest BCUT2D eigenvalue weighted by Crippen LogP contribution is 2.19. The lowest BCUT2D eigenvalue weighted by molar-refractivity contribution is -0.166. The Bertz CT molecular complexity index is 658. The largest absolute Gasteiger partial charge is 0.466 e. The van der Waals surface area contributed by atoms with Crippen molar-refractivity contribution in [2.75, 3.05) is 7.11 Å². The van der Waals surface area contributed by atoms with Crippen LogP contribution in [0.2, 0.25) is 0 Å². The molecule has 0 unspecified atom stereocenters. The fraction of sp³-hybridized carbons (Fsp3) is 0.235. The summed E-state index contributed by atoms with van der Waals surface area (Å²) in [6.07, 6.45) is 2.30. The van der Waals surface area contributed by atoms with E-state index >= 15 is 0 Å². The monoisotopic (exact) mass is 317 g/mol. The second-order valence-corrected chi connectivity index (χ2v) is 4.81. The van der Waals surface area contributed by atoms with Crippen molar-refractivity contribution in [2.24, 2.45) is 0 Å². The predicted octanol–water partition coefficient (Wildman–Crippen LogP) is 2.61. The molecule has 0 saturated heterocycles. The number of methoxy groups -OCH3 is 1. The highest BCUT2D eigenvalue weighted by molar-refractivity contribution is 5.80. The van der Waals surface area contributed by atoms with E-state index in [-0.39, 0.29) is 12.2 Å². The minimum atomic E-state index is -1.14. The van der Waals surface area contributed by atoms with Crippen LogP contribution in [0.4, 0.5) is 4.39 Å². The third-order valence-corrected chi connectivity index (χ3v) is 3.18. The number of hydrogen-bond acceptors (Lipinski definition) is 5. The molecule has 0 aliphatic rings. The Morgan fingerprint density at radius 3 is 2.57 bits per heavy atom. The number of carbonyl (C=O) groups excluding carboxylic acids is 2. The van der Waals surface area contributed by atoms with Gasteiger partial charge in [-0.1, -0.05) is 18.2 Å². The fourth-order valence-corrected chi connectivity index (χ4v) is 1.98. The zero-order chi connectivity index (χ0) is 16.7. The molecule has 2 rings (SSSR count). The molecule has 0 amide bonds. The third-order valence-electron chi connectivity index (χ3n) is 3.18. The van der Waals surface area contributed by atoms with Crippen LogP contribution in [-0.4, -0.2) is 24.0 Å². The van der Waals surface area contributed by atoms with Crippen LogP contribution in [0.15, 0.2) is 48.8 Å². The van der Waals surface area contributed by atoms with E-state index in [1.165, 1.54) is 25.4 Å². The topological polar surface area (TPSA) is 65.5 Å². The Balaban J connectivity index is 1.97. The lowest BCUT2D eigenvalue weighted by atomic mass is 10.1. The minimum Gasteiger partial charge on any atom is -0.466 e. The molecule has 6 heteroatoms. The van der Waals surface area contributed by atoms with Gasteiger partial charge in [0.1, 0.15) is 5.82 Å². The number of aromatic nitrogens is 1.